The first-order valence-corrected chi connectivity index (χ1v) is 8.70. The summed E-state index contributed by atoms with van der Waals surface area (Å²) < 4.78 is 5.00. The van der Waals surface area contributed by atoms with E-state index in [9.17, 15) is 24.3 Å². The van der Waals surface area contributed by atoms with Crippen LogP contribution in [0.4, 0.5) is 0 Å². The summed E-state index contributed by atoms with van der Waals surface area (Å²) in [6.07, 6.45) is 1.49. The predicted octanol–water partition coefficient (Wildman–Crippen LogP) is 0.635. The summed E-state index contributed by atoms with van der Waals surface area (Å²) in [4.78, 5) is 49.1. The van der Waals surface area contributed by atoms with Crippen molar-refractivity contribution in [3.05, 3.63) is 41.6 Å². The third-order valence-corrected chi connectivity index (χ3v) is 5.44. The summed E-state index contributed by atoms with van der Waals surface area (Å²) >= 11 is 1.35. The van der Waals surface area contributed by atoms with Crippen molar-refractivity contribution in [3.8, 4) is 5.75 Å². The maximum atomic E-state index is 12.3. The molecular weight excluding hydrogens is 360 g/mol. The molecule has 2 aliphatic rings. The van der Waals surface area contributed by atoms with Crippen LogP contribution in [0.3, 0.4) is 0 Å². The molecule has 8 nitrogen and oxygen atoms in total. The molecule has 0 radical (unpaired) electrons. The molecule has 3 atom stereocenters. The number of thioether (sulfide) groups is 1. The number of fused-ring (bicyclic) bond motifs is 1. The first-order chi connectivity index (χ1) is 12.3. The molecular formula is C17H16N2O6S. The van der Waals surface area contributed by atoms with Gasteiger partial charge < -0.3 is 15.2 Å². The number of carboxylic acids is 1. The van der Waals surface area contributed by atoms with Gasteiger partial charge in [0.15, 0.2) is 0 Å². The zero-order valence-electron chi connectivity index (χ0n) is 14.0. The summed E-state index contributed by atoms with van der Waals surface area (Å²) in [5, 5.41) is 11.0. The van der Waals surface area contributed by atoms with Gasteiger partial charge in [-0.15, -0.1) is 11.8 Å². The van der Waals surface area contributed by atoms with Crippen LogP contribution in [0.2, 0.25) is 0 Å². The van der Waals surface area contributed by atoms with E-state index < -0.39 is 35.0 Å². The van der Waals surface area contributed by atoms with E-state index in [0.717, 1.165) is 4.90 Å². The van der Waals surface area contributed by atoms with E-state index >= 15 is 0 Å². The fourth-order valence-corrected chi connectivity index (χ4v) is 4.14. The quantitative estimate of drug-likeness (QED) is 0.440. The highest BCUT2D eigenvalue weighted by atomic mass is 32.2. The molecule has 26 heavy (non-hydrogen) atoms. The number of carbonyl (C=O) groups excluding carboxylic acids is 3. The molecule has 2 amide bonds. The predicted molar refractivity (Wildman–Crippen MR) is 92.7 cm³/mol. The van der Waals surface area contributed by atoms with E-state index in [0.29, 0.717) is 5.75 Å². The van der Waals surface area contributed by atoms with Crippen molar-refractivity contribution in [2.24, 2.45) is 0 Å². The van der Waals surface area contributed by atoms with E-state index in [1.165, 1.54) is 37.1 Å². The third kappa shape index (κ3) is 3.05. The summed E-state index contributed by atoms with van der Waals surface area (Å²) in [6, 6.07) is 5.09. The van der Waals surface area contributed by atoms with Crippen molar-refractivity contribution in [1.29, 1.82) is 0 Å². The number of ketones is 1. The van der Waals surface area contributed by atoms with Crippen LogP contribution < -0.4 is 10.1 Å². The topological polar surface area (TPSA) is 113 Å². The van der Waals surface area contributed by atoms with Crippen LogP contribution in [0.15, 0.2) is 36.0 Å². The molecule has 0 aromatic heterocycles. The fourth-order valence-electron chi connectivity index (χ4n) is 2.81. The molecule has 2 N–H and O–H groups in total. The number of hydrogen-bond acceptors (Lipinski definition) is 6. The lowest BCUT2D eigenvalue weighted by molar-refractivity contribution is -0.150. The van der Waals surface area contributed by atoms with E-state index in [-0.39, 0.29) is 16.5 Å². The van der Waals surface area contributed by atoms with Gasteiger partial charge in [-0.05, 0) is 37.3 Å². The Bertz CT molecular complexity index is 819. The zero-order chi connectivity index (χ0) is 19.0. The van der Waals surface area contributed by atoms with Crippen LogP contribution in [-0.4, -0.2) is 57.3 Å². The fraction of sp³-hybridized carbons (Fsp3) is 0.294. The van der Waals surface area contributed by atoms with Gasteiger partial charge in [-0.1, -0.05) is 0 Å². The Balaban J connectivity index is 1.70. The van der Waals surface area contributed by atoms with Crippen molar-refractivity contribution in [2.45, 2.75) is 23.6 Å². The smallest absolute Gasteiger partial charge is 0.352 e. The Kier molecular flexibility index (Phi) is 4.73. The van der Waals surface area contributed by atoms with Gasteiger partial charge >= 0.3 is 5.97 Å². The van der Waals surface area contributed by atoms with Gasteiger partial charge in [0.2, 0.25) is 5.78 Å². The minimum atomic E-state index is -1.20. The molecule has 0 spiro atoms. The lowest BCUT2D eigenvalue weighted by Gasteiger charge is -2.49. The number of ether oxygens (including phenoxy) is 1. The van der Waals surface area contributed by atoms with Crippen LogP contribution in [-0.2, 0) is 14.4 Å². The number of methoxy groups -OCH3 is 1. The second kappa shape index (κ2) is 6.83. The first-order valence-electron chi connectivity index (χ1n) is 7.76. The largest absolute Gasteiger partial charge is 0.497 e. The Labute approximate surface area is 153 Å². The third-order valence-electron chi connectivity index (χ3n) is 4.11. The summed E-state index contributed by atoms with van der Waals surface area (Å²) in [7, 11) is 1.49. The lowest BCUT2D eigenvalue weighted by Crippen LogP contribution is -2.71. The highest BCUT2D eigenvalue weighted by molar-refractivity contribution is 8.00. The first kappa shape index (κ1) is 18.0. The van der Waals surface area contributed by atoms with Crippen molar-refractivity contribution >= 4 is 35.3 Å². The van der Waals surface area contributed by atoms with Crippen LogP contribution in [0, 0.1) is 0 Å². The minimum absolute atomic E-state index is 0.0989. The van der Waals surface area contributed by atoms with Gasteiger partial charge in [0, 0.05) is 10.8 Å². The molecule has 3 rings (SSSR count). The normalized spacial score (nSPS) is 24.1. The van der Waals surface area contributed by atoms with Crippen molar-refractivity contribution in [1.82, 2.24) is 10.2 Å². The molecule has 1 fully saturated rings. The molecule has 9 heteroatoms. The second-order valence-electron chi connectivity index (χ2n) is 5.81. The number of β-lactam (4-membered cyclic amide) rings is 1. The van der Waals surface area contributed by atoms with Crippen LogP contribution in [0.1, 0.15) is 17.3 Å². The van der Waals surface area contributed by atoms with Crippen LogP contribution in [0.25, 0.3) is 0 Å². The molecule has 0 saturated carbocycles. The number of aliphatic carboxylic acids is 1. The number of hydrogen-bond donors (Lipinski definition) is 2. The Morgan fingerprint density at radius 3 is 2.46 bits per heavy atom. The maximum absolute atomic E-state index is 12.3. The summed E-state index contributed by atoms with van der Waals surface area (Å²) in [6.45, 7) is 1.80. The number of nitrogens with zero attached hydrogens (tertiary/aromatic N) is 1. The van der Waals surface area contributed by atoms with E-state index in [4.69, 9.17) is 4.74 Å². The number of Topliss-reactive ketones (excluding diaryl/α,β-unsaturated/α-hetero) is 1. The van der Waals surface area contributed by atoms with Gasteiger partial charge in [0.25, 0.3) is 11.8 Å². The molecule has 2 heterocycles. The molecule has 0 aliphatic carbocycles. The van der Waals surface area contributed by atoms with Gasteiger partial charge in [-0.25, -0.2) is 4.79 Å². The molecule has 136 valence electrons. The second-order valence-corrected chi connectivity index (χ2v) is 7.30. The Morgan fingerprint density at radius 1 is 1.23 bits per heavy atom. The van der Waals surface area contributed by atoms with E-state index in [2.05, 4.69) is 5.32 Å². The number of rotatable bonds is 5. The van der Waals surface area contributed by atoms with Gasteiger partial charge in [-0.2, -0.15) is 0 Å². The monoisotopic (exact) mass is 376 g/mol. The number of amides is 2. The van der Waals surface area contributed by atoms with Gasteiger partial charge in [-0.3, -0.25) is 19.3 Å². The Morgan fingerprint density at radius 2 is 1.88 bits per heavy atom. The molecule has 1 aromatic carbocycles. The van der Waals surface area contributed by atoms with Crippen molar-refractivity contribution in [2.75, 3.05) is 7.11 Å². The van der Waals surface area contributed by atoms with Crippen molar-refractivity contribution in [3.63, 3.8) is 0 Å². The molecule has 2 unspecified atom stereocenters. The average molecular weight is 376 g/mol. The highest BCUT2D eigenvalue weighted by Crippen LogP contribution is 2.40. The lowest BCUT2D eigenvalue weighted by atomic mass is 10.0. The number of carbonyl (C=O) groups is 4. The number of benzene rings is 1. The Hall–Kier alpha value is -2.81. The van der Waals surface area contributed by atoms with Crippen LogP contribution >= 0.6 is 11.8 Å². The summed E-state index contributed by atoms with van der Waals surface area (Å²) in [5.74, 6) is -2.88. The van der Waals surface area contributed by atoms with Gasteiger partial charge in [0.1, 0.15) is 22.9 Å². The van der Waals surface area contributed by atoms with E-state index in [1.54, 1.807) is 19.1 Å². The molecule has 2 aliphatic heterocycles. The molecule has 1 aromatic rings. The molecule has 1 saturated heterocycles. The zero-order valence-corrected chi connectivity index (χ0v) is 14.8. The maximum Gasteiger partial charge on any atom is 0.352 e. The standard InChI is InChI=1S/C17H16N2O6S/c1-8-7-11(17(23)24)19-15(22)12(16(19)26-8)18-14(21)13(20)9-3-5-10(25-2)6-4-9/h3-8,12,16H,1-2H3,(H,18,21)(H,23,24)/t8?,12?,16-/m0/s1. The molecule has 0 bridgehead atoms. The highest BCUT2D eigenvalue weighted by Gasteiger charge is 2.54. The van der Waals surface area contributed by atoms with E-state index in [1.807, 2.05) is 0 Å². The average Bonchev–Trinajstić information content (AvgIpc) is 2.64. The minimum Gasteiger partial charge on any atom is -0.497 e. The number of nitrogens with one attached hydrogen (secondary N) is 1. The summed E-state index contributed by atoms with van der Waals surface area (Å²) in [5.41, 5.74) is 0.0703. The van der Waals surface area contributed by atoms with Crippen LogP contribution in [0.5, 0.6) is 5.75 Å². The van der Waals surface area contributed by atoms with Gasteiger partial charge in [0.05, 0.1) is 7.11 Å². The SMILES string of the molecule is COc1ccc(C(=O)C(=O)NC2C(=O)N3C(C(=O)O)=CC(C)S[C@@H]23)cc1. The van der Waals surface area contributed by atoms with Crippen molar-refractivity contribution < 1.29 is 29.0 Å². The number of carboxylic acid groups (broad SMARTS) is 1.